The number of hydrogen-bond acceptors (Lipinski definition) is 1. The zero-order chi connectivity index (χ0) is 19.2. The molecule has 3 fully saturated rings. The smallest absolute Gasteiger partial charge is 0.155 e. The minimum atomic E-state index is 0.383. The van der Waals surface area contributed by atoms with E-state index in [1.807, 2.05) is 6.08 Å². The third-order valence-electron chi connectivity index (χ3n) is 8.81. The van der Waals surface area contributed by atoms with Crippen molar-refractivity contribution < 1.29 is 4.79 Å². The predicted molar refractivity (Wildman–Crippen MR) is 113 cm³/mol. The van der Waals surface area contributed by atoms with E-state index in [-0.39, 0.29) is 0 Å². The maximum absolute atomic E-state index is 11.9. The fraction of sp³-hybridized carbons (Fsp3) is 0.731. The summed E-state index contributed by atoms with van der Waals surface area (Å²) in [7, 11) is 0. The van der Waals surface area contributed by atoms with E-state index in [9.17, 15) is 4.79 Å². The summed E-state index contributed by atoms with van der Waals surface area (Å²) in [6, 6.07) is 0. The van der Waals surface area contributed by atoms with Crippen molar-refractivity contribution in [2.45, 2.75) is 85.0 Å². The van der Waals surface area contributed by atoms with Crippen LogP contribution in [0, 0.1) is 35.0 Å². The van der Waals surface area contributed by atoms with E-state index in [1.54, 1.807) is 0 Å². The van der Waals surface area contributed by atoms with Gasteiger partial charge in [-0.05, 0) is 113 Å². The highest BCUT2D eigenvalue weighted by Gasteiger charge is 2.56. The van der Waals surface area contributed by atoms with Crippen molar-refractivity contribution in [3.63, 3.8) is 0 Å². The topological polar surface area (TPSA) is 17.1 Å². The maximum atomic E-state index is 11.9. The number of allylic oxidation sites excluding steroid dienone is 4. The molecule has 0 heterocycles. The summed E-state index contributed by atoms with van der Waals surface area (Å²) in [6.45, 7) is 11.6. The summed E-state index contributed by atoms with van der Waals surface area (Å²) < 4.78 is 0. The molecule has 0 radical (unpaired) electrons. The third kappa shape index (κ3) is 3.40. The van der Waals surface area contributed by atoms with E-state index in [0.29, 0.717) is 11.2 Å². The summed E-state index contributed by atoms with van der Waals surface area (Å²) in [4.78, 5) is 11.9. The molecule has 1 heteroatoms. The number of hydrogen-bond donors (Lipinski definition) is 0. The molecule has 1 unspecified atom stereocenters. The molecule has 148 valence electrons. The number of rotatable bonds is 4. The summed E-state index contributed by atoms with van der Waals surface area (Å²) in [5.41, 5.74) is 4.94. The second-order valence-electron chi connectivity index (χ2n) is 10.5. The van der Waals surface area contributed by atoms with Gasteiger partial charge < -0.3 is 0 Å². The Bertz CT molecular complexity index is 676. The molecule has 27 heavy (non-hydrogen) atoms. The van der Waals surface area contributed by atoms with Crippen molar-refractivity contribution in [3.05, 3.63) is 35.5 Å². The number of carbonyl (C=O) groups excluding carboxylic acids is 1. The van der Waals surface area contributed by atoms with Gasteiger partial charge in [-0.1, -0.05) is 36.3 Å². The van der Waals surface area contributed by atoms with E-state index in [0.717, 1.165) is 48.9 Å². The molecule has 0 aliphatic heterocycles. The Morgan fingerprint density at radius 3 is 2.74 bits per heavy atom. The van der Waals surface area contributed by atoms with E-state index in [4.69, 9.17) is 0 Å². The highest BCUT2D eigenvalue weighted by molar-refractivity contribution is 5.91. The molecular weight excluding hydrogens is 328 g/mol. The van der Waals surface area contributed by atoms with Crippen LogP contribution in [0.1, 0.15) is 85.0 Å². The lowest BCUT2D eigenvalue weighted by Crippen LogP contribution is -2.46. The monoisotopic (exact) mass is 366 g/mol. The highest BCUT2D eigenvalue weighted by Crippen LogP contribution is 2.64. The zero-order valence-corrected chi connectivity index (χ0v) is 17.7. The van der Waals surface area contributed by atoms with Crippen LogP contribution in [0.15, 0.2) is 35.5 Å². The first-order valence-electron chi connectivity index (χ1n) is 11.4. The van der Waals surface area contributed by atoms with Crippen molar-refractivity contribution in [1.82, 2.24) is 0 Å². The van der Waals surface area contributed by atoms with Crippen molar-refractivity contribution in [1.29, 1.82) is 0 Å². The van der Waals surface area contributed by atoms with Gasteiger partial charge in [-0.3, -0.25) is 4.79 Å². The van der Waals surface area contributed by atoms with Gasteiger partial charge in [0, 0.05) is 6.42 Å². The Balaban J connectivity index is 1.48. The Hall–Kier alpha value is -1.11. The SMILES string of the molecule is C=C(CCC=C(C)C)[C@H]1CC[C@H]2[C@@H]3CCC4=CC(=O)CCC4[C@H]3CC[C@]12C. The van der Waals surface area contributed by atoms with Gasteiger partial charge in [0.25, 0.3) is 0 Å². The van der Waals surface area contributed by atoms with Crippen molar-refractivity contribution in [3.8, 4) is 0 Å². The molecule has 0 saturated heterocycles. The summed E-state index contributed by atoms with van der Waals surface area (Å²) >= 11 is 0. The van der Waals surface area contributed by atoms with Gasteiger partial charge in [-0.25, -0.2) is 0 Å². The lowest BCUT2D eigenvalue weighted by Gasteiger charge is -2.54. The minimum absolute atomic E-state index is 0.383. The molecule has 1 nitrogen and oxygen atoms in total. The zero-order valence-electron chi connectivity index (χ0n) is 17.7. The van der Waals surface area contributed by atoms with Crippen LogP contribution in [-0.2, 0) is 4.79 Å². The first kappa shape index (κ1) is 19.2. The van der Waals surface area contributed by atoms with E-state index >= 15 is 0 Å². The van der Waals surface area contributed by atoms with Gasteiger partial charge >= 0.3 is 0 Å². The molecule has 0 aromatic heterocycles. The first-order valence-corrected chi connectivity index (χ1v) is 11.4. The highest BCUT2D eigenvalue weighted by atomic mass is 16.1. The van der Waals surface area contributed by atoms with Crippen LogP contribution in [0.3, 0.4) is 0 Å². The van der Waals surface area contributed by atoms with Crippen LogP contribution in [0.25, 0.3) is 0 Å². The molecule has 4 aliphatic carbocycles. The van der Waals surface area contributed by atoms with Crippen molar-refractivity contribution >= 4 is 5.78 Å². The predicted octanol–water partition coefficient (Wildman–Crippen LogP) is 7.05. The summed E-state index contributed by atoms with van der Waals surface area (Å²) in [5.74, 6) is 4.49. The number of ketones is 1. The lowest BCUT2D eigenvalue weighted by atomic mass is 9.51. The number of carbonyl (C=O) groups is 1. The van der Waals surface area contributed by atoms with Crippen LogP contribution in [-0.4, -0.2) is 5.78 Å². The average molecular weight is 367 g/mol. The quantitative estimate of drug-likeness (QED) is 0.487. The molecule has 0 amide bonds. The van der Waals surface area contributed by atoms with E-state index in [1.165, 1.54) is 61.7 Å². The first-order chi connectivity index (χ1) is 12.9. The van der Waals surface area contributed by atoms with E-state index < -0.39 is 0 Å². The molecule has 0 spiro atoms. The lowest BCUT2D eigenvalue weighted by molar-refractivity contribution is -0.116. The third-order valence-corrected chi connectivity index (χ3v) is 8.81. The van der Waals surface area contributed by atoms with E-state index in [2.05, 4.69) is 33.4 Å². The normalized spacial score (nSPS) is 40.5. The van der Waals surface area contributed by atoms with Crippen molar-refractivity contribution in [2.75, 3.05) is 0 Å². The van der Waals surface area contributed by atoms with Crippen LogP contribution >= 0.6 is 0 Å². The molecule has 4 rings (SSSR count). The molecule has 3 saturated carbocycles. The second-order valence-corrected chi connectivity index (χ2v) is 10.5. The van der Waals surface area contributed by atoms with Gasteiger partial charge in [0.05, 0.1) is 0 Å². The maximum Gasteiger partial charge on any atom is 0.155 e. The Morgan fingerprint density at radius 2 is 1.96 bits per heavy atom. The molecule has 6 atom stereocenters. The largest absolute Gasteiger partial charge is 0.295 e. The number of fused-ring (bicyclic) bond motifs is 5. The summed E-state index contributed by atoms with van der Waals surface area (Å²) in [6.07, 6.45) is 16.7. The Labute approximate surface area is 166 Å². The van der Waals surface area contributed by atoms with Crippen LogP contribution < -0.4 is 0 Å². The minimum Gasteiger partial charge on any atom is -0.295 e. The fourth-order valence-corrected chi connectivity index (χ4v) is 7.57. The molecule has 4 aliphatic rings. The average Bonchev–Trinajstić information content (AvgIpc) is 2.98. The molecule has 0 bridgehead atoms. The fourth-order valence-electron chi connectivity index (χ4n) is 7.57. The van der Waals surface area contributed by atoms with Crippen LogP contribution in [0.2, 0.25) is 0 Å². The van der Waals surface area contributed by atoms with Crippen molar-refractivity contribution in [2.24, 2.45) is 35.0 Å². The van der Waals surface area contributed by atoms with Gasteiger partial charge in [0.2, 0.25) is 0 Å². The standard InChI is InChI=1S/C26H38O/c1-17(2)6-5-7-18(3)24-12-13-25-23-10-8-19-16-20(27)9-11-21(19)22(23)14-15-26(24,25)4/h6,16,21-25H,3,5,7-15H2,1-2,4H3/t21?,22-,23-,24-,25+,26-/m1/s1. The Kier molecular flexibility index (Phi) is 5.25. The molecule has 0 aromatic rings. The Morgan fingerprint density at radius 1 is 1.15 bits per heavy atom. The van der Waals surface area contributed by atoms with Crippen LogP contribution in [0.5, 0.6) is 0 Å². The molecule has 0 aromatic carbocycles. The van der Waals surface area contributed by atoms with Gasteiger partial charge in [-0.2, -0.15) is 0 Å². The van der Waals surface area contributed by atoms with Gasteiger partial charge in [0.15, 0.2) is 5.78 Å². The second kappa shape index (κ2) is 7.37. The molecule has 0 N–H and O–H groups in total. The van der Waals surface area contributed by atoms with Gasteiger partial charge in [0.1, 0.15) is 0 Å². The molecular formula is C26H38O. The van der Waals surface area contributed by atoms with Gasteiger partial charge in [-0.15, -0.1) is 0 Å². The van der Waals surface area contributed by atoms with Crippen LogP contribution in [0.4, 0.5) is 0 Å². The summed E-state index contributed by atoms with van der Waals surface area (Å²) in [5, 5.41) is 0.